The minimum atomic E-state index is -0.154. The van der Waals surface area contributed by atoms with Crippen molar-refractivity contribution in [1.29, 1.82) is 0 Å². The van der Waals surface area contributed by atoms with Gasteiger partial charge in [-0.15, -0.1) is 0 Å². The Morgan fingerprint density at radius 2 is 2.00 bits per heavy atom. The van der Waals surface area contributed by atoms with Crippen molar-refractivity contribution in [3.63, 3.8) is 0 Å². The summed E-state index contributed by atoms with van der Waals surface area (Å²) in [6.07, 6.45) is 4.08. The molecule has 2 N–H and O–H groups in total. The first-order valence-corrected chi connectivity index (χ1v) is 7.11. The van der Waals surface area contributed by atoms with Gasteiger partial charge in [0.05, 0.1) is 6.10 Å². The van der Waals surface area contributed by atoms with E-state index in [-0.39, 0.29) is 6.10 Å². The first kappa shape index (κ1) is 13.6. The summed E-state index contributed by atoms with van der Waals surface area (Å²) in [5.41, 5.74) is 3.99. The predicted octanol–water partition coefficient (Wildman–Crippen LogP) is 2.60. The molecular weight excluding hydrogens is 222 g/mol. The highest BCUT2D eigenvalue weighted by molar-refractivity contribution is 5.28. The lowest BCUT2D eigenvalue weighted by molar-refractivity contribution is 0.0844. The quantitative estimate of drug-likeness (QED) is 0.857. The van der Waals surface area contributed by atoms with E-state index >= 15 is 0 Å². The van der Waals surface area contributed by atoms with Gasteiger partial charge in [0.1, 0.15) is 0 Å². The largest absolute Gasteiger partial charge is 0.393 e. The first-order chi connectivity index (χ1) is 8.65. The highest BCUT2D eigenvalue weighted by atomic mass is 16.3. The fourth-order valence-corrected chi connectivity index (χ4v) is 2.97. The molecule has 2 nitrogen and oxygen atoms in total. The third-order valence-electron chi connectivity index (χ3n) is 3.89. The van der Waals surface area contributed by atoms with E-state index < -0.39 is 0 Å². The van der Waals surface area contributed by atoms with Crippen LogP contribution in [-0.2, 0) is 6.42 Å². The predicted molar refractivity (Wildman–Crippen MR) is 75.8 cm³/mol. The number of rotatable bonds is 4. The third-order valence-corrected chi connectivity index (χ3v) is 3.89. The van der Waals surface area contributed by atoms with Gasteiger partial charge < -0.3 is 10.4 Å². The van der Waals surface area contributed by atoms with Gasteiger partial charge in [-0.1, -0.05) is 29.3 Å². The molecule has 18 heavy (non-hydrogen) atoms. The Labute approximate surface area is 110 Å². The molecule has 1 aromatic carbocycles. The molecular formula is C16H25NO. The molecule has 1 aromatic rings. The highest BCUT2D eigenvalue weighted by Crippen LogP contribution is 2.19. The van der Waals surface area contributed by atoms with E-state index in [1.54, 1.807) is 0 Å². The number of piperidine rings is 1. The van der Waals surface area contributed by atoms with E-state index in [0.717, 1.165) is 25.9 Å². The lowest BCUT2D eigenvalue weighted by atomic mass is 9.90. The Bertz CT molecular complexity index is 362. The van der Waals surface area contributed by atoms with Crippen LogP contribution in [0.2, 0.25) is 0 Å². The van der Waals surface area contributed by atoms with Crippen LogP contribution >= 0.6 is 0 Å². The minimum Gasteiger partial charge on any atom is -0.393 e. The van der Waals surface area contributed by atoms with Gasteiger partial charge in [-0.2, -0.15) is 0 Å². The minimum absolute atomic E-state index is 0.154. The molecule has 0 saturated carbocycles. The van der Waals surface area contributed by atoms with Crippen LogP contribution in [0.15, 0.2) is 18.2 Å². The molecule has 1 fully saturated rings. The van der Waals surface area contributed by atoms with E-state index in [2.05, 4.69) is 37.4 Å². The molecule has 1 heterocycles. The normalized spacial score (nSPS) is 21.8. The molecule has 0 aromatic heterocycles. The average Bonchev–Trinajstić information content (AvgIpc) is 2.36. The summed E-state index contributed by atoms with van der Waals surface area (Å²) in [4.78, 5) is 0. The second kappa shape index (κ2) is 6.35. The van der Waals surface area contributed by atoms with Crippen LogP contribution in [0.1, 0.15) is 36.0 Å². The monoisotopic (exact) mass is 247 g/mol. The van der Waals surface area contributed by atoms with Crippen molar-refractivity contribution >= 4 is 0 Å². The summed E-state index contributed by atoms with van der Waals surface area (Å²) >= 11 is 0. The van der Waals surface area contributed by atoms with Crippen molar-refractivity contribution in [2.45, 2.75) is 45.6 Å². The summed E-state index contributed by atoms with van der Waals surface area (Å²) in [5.74, 6) is 0.449. The van der Waals surface area contributed by atoms with Crippen LogP contribution in [0, 0.1) is 19.8 Å². The SMILES string of the molecule is Cc1cc(C)cc(CCC(O)C2CCCNC2)c1. The lowest BCUT2D eigenvalue weighted by Gasteiger charge is -2.27. The Kier molecular flexibility index (Phi) is 4.79. The van der Waals surface area contributed by atoms with Gasteiger partial charge in [0, 0.05) is 6.54 Å². The van der Waals surface area contributed by atoms with Crippen molar-refractivity contribution in [1.82, 2.24) is 5.32 Å². The number of hydrogen-bond acceptors (Lipinski definition) is 2. The topological polar surface area (TPSA) is 32.3 Å². The molecule has 100 valence electrons. The van der Waals surface area contributed by atoms with Crippen molar-refractivity contribution in [2.75, 3.05) is 13.1 Å². The van der Waals surface area contributed by atoms with Crippen LogP contribution in [0.5, 0.6) is 0 Å². The van der Waals surface area contributed by atoms with Gasteiger partial charge in [-0.05, 0) is 57.6 Å². The maximum absolute atomic E-state index is 10.2. The second-order valence-corrected chi connectivity index (χ2v) is 5.71. The standard InChI is InChI=1S/C16H25NO/c1-12-8-13(2)10-14(9-12)5-6-16(18)15-4-3-7-17-11-15/h8-10,15-18H,3-7,11H2,1-2H3. The third kappa shape index (κ3) is 3.82. The smallest absolute Gasteiger partial charge is 0.0583 e. The summed E-state index contributed by atoms with van der Waals surface area (Å²) in [7, 11) is 0. The van der Waals surface area contributed by atoms with Gasteiger partial charge in [0.25, 0.3) is 0 Å². The molecule has 0 spiro atoms. The molecule has 0 amide bonds. The highest BCUT2D eigenvalue weighted by Gasteiger charge is 2.21. The van der Waals surface area contributed by atoms with E-state index in [1.165, 1.54) is 29.5 Å². The maximum Gasteiger partial charge on any atom is 0.0583 e. The van der Waals surface area contributed by atoms with Crippen LogP contribution in [-0.4, -0.2) is 24.3 Å². The number of nitrogens with one attached hydrogen (secondary N) is 1. The molecule has 0 radical (unpaired) electrons. The van der Waals surface area contributed by atoms with Crippen molar-refractivity contribution in [3.05, 3.63) is 34.9 Å². The maximum atomic E-state index is 10.2. The molecule has 2 heteroatoms. The number of benzene rings is 1. The zero-order valence-electron chi connectivity index (χ0n) is 11.6. The first-order valence-electron chi connectivity index (χ1n) is 7.11. The Hall–Kier alpha value is -0.860. The average molecular weight is 247 g/mol. The Morgan fingerprint density at radius 1 is 1.28 bits per heavy atom. The van der Waals surface area contributed by atoms with E-state index in [0.29, 0.717) is 5.92 Å². The van der Waals surface area contributed by atoms with Crippen molar-refractivity contribution in [3.8, 4) is 0 Å². The summed E-state index contributed by atoms with van der Waals surface area (Å²) < 4.78 is 0. The summed E-state index contributed by atoms with van der Waals surface area (Å²) in [6, 6.07) is 6.67. The summed E-state index contributed by atoms with van der Waals surface area (Å²) in [5, 5.41) is 13.6. The number of aryl methyl sites for hydroxylation is 3. The number of aliphatic hydroxyl groups excluding tert-OH is 1. The molecule has 0 aliphatic carbocycles. The molecule has 2 rings (SSSR count). The molecule has 1 saturated heterocycles. The Morgan fingerprint density at radius 3 is 2.61 bits per heavy atom. The van der Waals surface area contributed by atoms with E-state index in [4.69, 9.17) is 0 Å². The number of hydrogen-bond donors (Lipinski definition) is 2. The summed E-state index contributed by atoms with van der Waals surface area (Å²) in [6.45, 7) is 6.37. The van der Waals surface area contributed by atoms with Gasteiger partial charge in [0.2, 0.25) is 0 Å². The zero-order valence-corrected chi connectivity index (χ0v) is 11.6. The lowest BCUT2D eigenvalue weighted by Crippen LogP contribution is -2.36. The molecule has 0 bridgehead atoms. The van der Waals surface area contributed by atoms with Crippen LogP contribution in [0.3, 0.4) is 0 Å². The molecule has 2 unspecified atom stereocenters. The van der Waals surface area contributed by atoms with Crippen LogP contribution in [0.25, 0.3) is 0 Å². The molecule has 1 aliphatic heterocycles. The fraction of sp³-hybridized carbons (Fsp3) is 0.625. The van der Waals surface area contributed by atoms with Crippen molar-refractivity contribution in [2.24, 2.45) is 5.92 Å². The van der Waals surface area contributed by atoms with Crippen molar-refractivity contribution < 1.29 is 5.11 Å². The molecule has 1 aliphatic rings. The molecule has 2 atom stereocenters. The second-order valence-electron chi connectivity index (χ2n) is 5.71. The van der Waals surface area contributed by atoms with E-state index in [1.807, 2.05) is 0 Å². The van der Waals surface area contributed by atoms with E-state index in [9.17, 15) is 5.11 Å². The van der Waals surface area contributed by atoms with Gasteiger partial charge in [-0.3, -0.25) is 0 Å². The van der Waals surface area contributed by atoms with Gasteiger partial charge >= 0.3 is 0 Å². The number of aliphatic hydroxyl groups is 1. The fourth-order valence-electron chi connectivity index (χ4n) is 2.97. The Balaban J connectivity index is 1.86. The van der Waals surface area contributed by atoms with Gasteiger partial charge in [0.15, 0.2) is 0 Å². The zero-order chi connectivity index (χ0) is 13.0. The van der Waals surface area contributed by atoms with Crippen LogP contribution < -0.4 is 5.32 Å². The van der Waals surface area contributed by atoms with Crippen LogP contribution in [0.4, 0.5) is 0 Å². The van der Waals surface area contributed by atoms with Gasteiger partial charge in [-0.25, -0.2) is 0 Å².